The fraction of sp³-hybridized carbons (Fsp3) is 0.556. The maximum absolute atomic E-state index is 12.2. The lowest BCUT2D eigenvalue weighted by molar-refractivity contribution is 0.0623. The lowest BCUT2D eigenvalue weighted by Gasteiger charge is -2.12. The first-order valence-corrected chi connectivity index (χ1v) is 7.99. The van der Waals surface area contributed by atoms with Crippen molar-refractivity contribution in [3.05, 3.63) is 33.4 Å². The van der Waals surface area contributed by atoms with Crippen LogP contribution >= 0.6 is 0 Å². The zero-order valence-corrected chi connectivity index (χ0v) is 15.1. The molecule has 0 atom stereocenters. The van der Waals surface area contributed by atoms with Gasteiger partial charge in [0.2, 0.25) is 0 Å². The Labute approximate surface area is 134 Å². The molecule has 0 saturated carbocycles. The van der Waals surface area contributed by atoms with Gasteiger partial charge in [-0.25, -0.2) is 0 Å². The summed E-state index contributed by atoms with van der Waals surface area (Å²) in [5.41, 5.74) is 4.86. The van der Waals surface area contributed by atoms with Crippen molar-refractivity contribution in [1.82, 2.24) is 4.90 Å². The van der Waals surface area contributed by atoms with E-state index < -0.39 is 0 Å². The van der Waals surface area contributed by atoms with Crippen LogP contribution < -0.4 is 0 Å². The van der Waals surface area contributed by atoms with Crippen LogP contribution in [0, 0.1) is 27.7 Å². The third-order valence-electron chi connectivity index (χ3n) is 3.93. The molecule has 4 heteroatoms. The Kier molecular flexibility index (Phi) is 8.02. The van der Waals surface area contributed by atoms with Gasteiger partial charge in [-0.15, -0.1) is 0 Å². The fourth-order valence-corrected chi connectivity index (χ4v) is 2.51. The van der Waals surface area contributed by atoms with Gasteiger partial charge in [0.15, 0.2) is 0 Å². The Morgan fingerprint density at radius 1 is 0.727 bits per heavy atom. The highest BCUT2D eigenvalue weighted by Gasteiger charge is 2.38. The maximum Gasteiger partial charge on any atom is 0.261 e. The van der Waals surface area contributed by atoms with Gasteiger partial charge in [0.1, 0.15) is 0 Å². The number of benzene rings is 1. The molecule has 0 fully saturated rings. The molecule has 1 aliphatic rings. The summed E-state index contributed by atoms with van der Waals surface area (Å²) < 4.78 is 0. The standard InChI is InChI=1S/C14H17NO3.2C2H6/c1-7-8(2)10(4)12-11(9(7)3)13(17)15(5-6-16)14(12)18;2*1-2/h16H,5-6H2,1-4H3;2*1-2H3. The molecule has 0 aliphatic carbocycles. The SMILES string of the molecule is CC.CC.Cc1c(C)c(C)c2c(c1C)C(=O)N(CCO)C2=O. The summed E-state index contributed by atoms with van der Waals surface area (Å²) in [5.74, 6) is -0.569. The molecular formula is C18H29NO3. The van der Waals surface area contributed by atoms with Crippen molar-refractivity contribution in [1.29, 1.82) is 0 Å². The van der Waals surface area contributed by atoms with E-state index >= 15 is 0 Å². The highest BCUT2D eigenvalue weighted by Crippen LogP contribution is 2.33. The molecule has 1 N–H and O–H groups in total. The van der Waals surface area contributed by atoms with Gasteiger partial charge in [0, 0.05) is 0 Å². The Morgan fingerprint density at radius 2 is 1.05 bits per heavy atom. The first-order chi connectivity index (χ1) is 10.4. The number of carbonyl (C=O) groups is 2. The largest absolute Gasteiger partial charge is 0.395 e. The van der Waals surface area contributed by atoms with E-state index in [-0.39, 0.29) is 25.0 Å². The molecule has 0 unspecified atom stereocenters. The summed E-state index contributed by atoms with van der Waals surface area (Å²) in [4.78, 5) is 25.6. The number of hydrogen-bond donors (Lipinski definition) is 1. The number of β-amino-alcohol motifs (C(OH)–C–C–N with tert-alkyl or cyclic N) is 1. The van der Waals surface area contributed by atoms with Crippen LogP contribution in [0.2, 0.25) is 0 Å². The summed E-state index contributed by atoms with van der Waals surface area (Å²) in [6, 6.07) is 0. The highest BCUT2D eigenvalue weighted by atomic mass is 16.3. The second-order valence-corrected chi connectivity index (χ2v) is 4.74. The van der Waals surface area contributed by atoms with E-state index in [4.69, 9.17) is 5.11 Å². The molecule has 1 aromatic rings. The van der Waals surface area contributed by atoms with Crippen LogP contribution in [-0.4, -0.2) is 35.0 Å². The fourth-order valence-electron chi connectivity index (χ4n) is 2.51. The van der Waals surface area contributed by atoms with Crippen LogP contribution in [-0.2, 0) is 0 Å². The third kappa shape index (κ3) is 3.22. The van der Waals surface area contributed by atoms with Crippen LogP contribution in [0.15, 0.2) is 0 Å². The topological polar surface area (TPSA) is 57.6 Å². The second-order valence-electron chi connectivity index (χ2n) is 4.74. The van der Waals surface area contributed by atoms with Crippen molar-refractivity contribution >= 4 is 11.8 Å². The number of imide groups is 1. The van der Waals surface area contributed by atoms with E-state index in [1.54, 1.807) is 0 Å². The van der Waals surface area contributed by atoms with Gasteiger partial charge in [-0.2, -0.15) is 0 Å². The zero-order chi connectivity index (χ0) is 17.6. The molecule has 2 rings (SSSR count). The molecule has 1 aromatic carbocycles. The Bertz CT molecular complexity index is 515. The first kappa shape index (κ1) is 20.3. The number of fused-ring (bicyclic) bond motifs is 1. The van der Waals surface area contributed by atoms with Crippen molar-refractivity contribution in [2.24, 2.45) is 0 Å². The van der Waals surface area contributed by atoms with E-state index in [1.165, 1.54) is 0 Å². The normalized spacial score (nSPS) is 12.3. The van der Waals surface area contributed by atoms with Gasteiger partial charge < -0.3 is 5.11 Å². The van der Waals surface area contributed by atoms with Crippen LogP contribution in [0.4, 0.5) is 0 Å². The van der Waals surface area contributed by atoms with E-state index in [2.05, 4.69) is 0 Å². The predicted molar refractivity (Wildman–Crippen MR) is 90.5 cm³/mol. The van der Waals surface area contributed by atoms with Gasteiger partial charge in [0.05, 0.1) is 24.3 Å². The molecule has 1 heterocycles. The van der Waals surface area contributed by atoms with E-state index in [0.29, 0.717) is 11.1 Å². The van der Waals surface area contributed by atoms with Gasteiger partial charge in [-0.1, -0.05) is 27.7 Å². The molecular weight excluding hydrogens is 278 g/mol. The molecule has 0 bridgehead atoms. The van der Waals surface area contributed by atoms with Gasteiger partial charge in [-0.05, 0) is 49.9 Å². The first-order valence-electron chi connectivity index (χ1n) is 7.99. The summed E-state index contributed by atoms with van der Waals surface area (Å²) >= 11 is 0. The minimum atomic E-state index is -0.284. The minimum Gasteiger partial charge on any atom is -0.395 e. The van der Waals surface area contributed by atoms with Crippen molar-refractivity contribution in [3.63, 3.8) is 0 Å². The monoisotopic (exact) mass is 307 g/mol. The Hall–Kier alpha value is -1.68. The van der Waals surface area contributed by atoms with Crippen molar-refractivity contribution in [3.8, 4) is 0 Å². The summed E-state index contributed by atoms with van der Waals surface area (Å²) in [6.07, 6.45) is 0. The van der Waals surface area contributed by atoms with Gasteiger partial charge in [-0.3, -0.25) is 14.5 Å². The van der Waals surface area contributed by atoms with E-state index in [1.807, 2.05) is 55.4 Å². The maximum atomic E-state index is 12.2. The minimum absolute atomic E-state index is 0.0589. The molecule has 124 valence electrons. The molecule has 0 saturated heterocycles. The highest BCUT2D eigenvalue weighted by molar-refractivity contribution is 6.23. The number of amides is 2. The van der Waals surface area contributed by atoms with Gasteiger partial charge in [0.25, 0.3) is 11.8 Å². The molecule has 0 aromatic heterocycles. The summed E-state index contributed by atoms with van der Waals surface area (Å²) in [7, 11) is 0. The summed E-state index contributed by atoms with van der Waals surface area (Å²) in [5, 5.41) is 8.94. The molecule has 2 amide bonds. The van der Waals surface area contributed by atoms with Crippen molar-refractivity contribution < 1.29 is 14.7 Å². The number of nitrogens with zero attached hydrogens (tertiary/aromatic N) is 1. The molecule has 22 heavy (non-hydrogen) atoms. The number of aliphatic hydroxyl groups is 1. The Balaban J connectivity index is 0.00000102. The van der Waals surface area contributed by atoms with Crippen molar-refractivity contribution in [2.75, 3.05) is 13.2 Å². The Morgan fingerprint density at radius 3 is 1.32 bits per heavy atom. The van der Waals surface area contributed by atoms with Crippen LogP contribution in [0.5, 0.6) is 0 Å². The number of rotatable bonds is 2. The van der Waals surface area contributed by atoms with Crippen molar-refractivity contribution in [2.45, 2.75) is 55.4 Å². The third-order valence-corrected chi connectivity index (χ3v) is 3.93. The van der Waals surface area contributed by atoms with Gasteiger partial charge >= 0.3 is 0 Å². The lowest BCUT2D eigenvalue weighted by Crippen LogP contribution is -2.32. The van der Waals surface area contributed by atoms with Crippen LogP contribution in [0.3, 0.4) is 0 Å². The molecule has 0 radical (unpaired) electrons. The van der Waals surface area contributed by atoms with Crippen LogP contribution in [0.1, 0.15) is 70.7 Å². The predicted octanol–water partition coefficient (Wildman–Crippen LogP) is 3.56. The smallest absolute Gasteiger partial charge is 0.261 e. The molecule has 0 spiro atoms. The van der Waals surface area contributed by atoms with E-state index in [9.17, 15) is 9.59 Å². The average molecular weight is 307 g/mol. The van der Waals surface area contributed by atoms with E-state index in [0.717, 1.165) is 27.2 Å². The number of carbonyl (C=O) groups excluding carboxylic acids is 2. The number of hydrogen-bond acceptors (Lipinski definition) is 3. The van der Waals surface area contributed by atoms with Crippen LogP contribution in [0.25, 0.3) is 0 Å². The summed E-state index contributed by atoms with van der Waals surface area (Å²) in [6.45, 7) is 15.5. The molecule has 4 nitrogen and oxygen atoms in total. The average Bonchev–Trinajstić information content (AvgIpc) is 2.80. The lowest BCUT2D eigenvalue weighted by atomic mass is 9.90. The quantitative estimate of drug-likeness (QED) is 0.850. The molecule has 1 aliphatic heterocycles. The zero-order valence-electron chi connectivity index (χ0n) is 15.1. The second kappa shape index (κ2) is 8.69. The number of aliphatic hydroxyl groups excluding tert-OH is 1.